The summed E-state index contributed by atoms with van der Waals surface area (Å²) >= 11 is 2.03. The maximum absolute atomic E-state index is 13.2. The Hall–Kier alpha value is -2.38. The predicted octanol–water partition coefficient (Wildman–Crippen LogP) is 4.04. The lowest BCUT2D eigenvalue weighted by molar-refractivity contribution is -0.493. The standard InChI is InChI=1S/C20H20IN3O6S/c1-14-3-9-17(10-4-14)31(29,30)22-11-18(20(2,12-22)13-23(25)26)19(21)15-5-7-16(8-6-15)24(27)28/h3-10H,11-13H2,1-2H3/b19-18+/t20-/m1/s1. The highest BCUT2D eigenvalue weighted by Gasteiger charge is 2.48. The van der Waals surface area contributed by atoms with E-state index in [0.717, 1.165) is 5.56 Å². The summed E-state index contributed by atoms with van der Waals surface area (Å²) in [6, 6.07) is 12.3. The molecule has 1 fully saturated rings. The van der Waals surface area contributed by atoms with Crippen molar-refractivity contribution in [2.75, 3.05) is 19.6 Å². The molecule has 0 aromatic heterocycles. The third kappa shape index (κ3) is 4.77. The van der Waals surface area contributed by atoms with Gasteiger partial charge in [-0.15, -0.1) is 0 Å². The van der Waals surface area contributed by atoms with Gasteiger partial charge in [-0.05, 0) is 71.8 Å². The molecule has 0 saturated carbocycles. The maximum Gasteiger partial charge on any atom is 0.269 e. The quantitative estimate of drug-likeness (QED) is 0.300. The van der Waals surface area contributed by atoms with Crippen LogP contribution >= 0.6 is 22.6 Å². The van der Waals surface area contributed by atoms with Crippen molar-refractivity contribution in [1.29, 1.82) is 0 Å². The molecule has 0 unspecified atom stereocenters. The molecule has 1 atom stereocenters. The van der Waals surface area contributed by atoms with Gasteiger partial charge in [0.25, 0.3) is 5.69 Å². The molecule has 1 aliphatic heterocycles. The molecule has 1 heterocycles. The smallest absolute Gasteiger partial charge is 0.265 e. The van der Waals surface area contributed by atoms with Crippen molar-refractivity contribution in [2.45, 2.75) is 18.7 Å². The molecule has 11 heteroatoms. The van der Waals surface area contributed by atoms with Gasteiger partial charge in [0.2, 0.25) is 16.6 Å². The van der Waals surface area contributed by atoms with Crippen LogP contribution in [0.4, 0.5) is 5.69 Å². The monoisotopic (exact) mass is 557 g/mol. The van der Waals surface area contributed by atoms with Gasteiger partial charge in [0, 0.05) is 33.7 Å². The van der Waals surface area contributed by atoms with Crippen LogP contribution in [0.5, 0.6) is 0 Å². The van der Waals surface area contributed by atoms with Gasteiger partial charge >= 0.3 is 0 Å². The first-order chi connectivity index (χ1) is 14.4. The number of hydrogen-bond donors (Lipinski definition) is 0. The molecule has 3 rings (SSSR count). The molecule has 0 bridgehead atoms. The minimum Gasteiger partial charge on any atom is -0.265 e. The summed E-state index contributed by atoms with van der Waals surface area (Å²) in [5.74, 6) is 0. The number of hydrogen-bond acceptors (Lipinski definition) is 6. The third-order valence-corrected chi connectivity index (χ3v) is 8.40. The zero-order valence-corrected chi connectivity index (χ0v) is 19.8. The molecular weight excluding hydrogens is 537 g/mol. The van der Waals surface area contributed by atoms with Crippen molar-refractivity contribution in [3.63, 3.8) is 0 Å². The van der Waals surface area contributed by atoms with E-state index in [1.165, 1.54) is 28.6 Å². The van der Waals surface area contributed by atoms with Crippen molar-refractivity contribution in [3.05, 3.63) is 85.5 Å². The number of rotatable bonds is 6. The summed E-state index contributed by atoms with van der Waals surface area (Å²) in [4.78, 5) is 21.5. The van der Waals surface area contributed by atoms with E-state index in [0.29, 0.717) is 14.7 Å². The van der Waals surface area contributed by atoms with E-state index in [1.54, 1.807) is 31.2 Å². The SMILES string of the molecule is Cc1ccc(S(=O)(=O)N2C/C(=C(\I)c3ccc([N+](=O)[O-])cc3)[C@@](C)(C[N+](=O)[O-])C2)cc1. The van der Waals surface area contributed by atoms with Crippen LogP contribution in [0.1, 0.15) is 18.1 Å². The van der Waals surface area contributed by atoms with E-state index in [1.807, 2.05) is 29.5 Å². The maximum atomic E-state index is 13.2. The van der Waals surface area contributed by atoms with Gasteiger partial charge in [0.1, 0.15) is 0 Å². The minimum atomic E-state index is -3.84. The summed E-state index contributed by atoms with van der Waals surface area (Å²) in [6.45, 7) is 3.09. The fraction of sp³-hybridized carbons (Fsp3) is 0.300. The summed E-state index contributed by atoms with van der Waals surface area (Å²) < 4.78 is 28.3. The predicted molar refractivity (Wildman–Crippen MR) is 124 cm³/mol. The minimum absolute atomic E-state index is 0.00973. The van der Waals surface area contributed by atoms with E-state index in [-0.39, 0.29) is 23.7 Å². The molecule has 2 aromatic carbocycles. The van der Waals surface area contributed by atoms with Crippen molar-refractivity contribution in [2.24, 2.45) is 5.41 Å². The zero-order valence-electron chi connectivity index (χ0n) is 16.8. The van der Waals surface area contributed by atoms with Gasteiger partial charge < -0.3 is 0 Å². The number of sulfonamides is 1. The third-order valence-electron chi connectivity index (χ3n) is 5.32. The number of nitro groups is 2. The molecule has 164 valence electrons. The normalized spacial score (nSPS) is 21.1. The molecule has 31 heavy (non-hydrogen) atoms. The second kappa shape index (κ2) is 8.63. The molecular formula is C20H20IN3O6S. The molecule has 0 aliphatic carbocycles. The van der Waals surface area contributed by atoms with Crippen LogP contribution in [-0.2, 0) is 10.0 Å². The summed E-state index contributed by atoms with van der Waals surface area (Å²) in [7, 11) is -3.84. The molecule has 9 nitrogen and oxygen atoms in total. The van der Waals surface area contributed by atoms with E-state index in [9.17, 15) is 28.6 Å². The number of nitrogens with zero attached hydrogens (tertiary/aromatic N) is 3. The van der Waals surface area contributed by atoms with E-state index >= 15 is 0 Å². The van der Waals surface area contributed by atoms with E-state index in [2.05, 4.69) is 0 Å². The van der Waals surface area contributed by atoms with Gasteiger partial charge in [0.15, 0.2) is 0 Å². The van der Waals surface area contributed by atoms with E-state index in [4.69, 9.17) is 0 Å². The Bertz CT molecular complexity index is 1160. The van der Waals surface area contributed by atoms with Crippen LogP contribution < -0.4 is 0 Å². The second-order valence-corrected chi connectivity index (χ2v) is 10.8. The van der Waals surface area contributed by atoms with Gasteiger partial charge in [-0.25, -0.2) is 8.42 Å². The number of aryl methyl sites for hydroxylation is 1. The van der Waals surface area contributed by atoms with Crippen LogP contribution in [0.15, 0.2) is 59.0 Å². The molecule has 0 radical (unpaired) electrons. The topological polar surface area (TPSA) is 124 Å². The molecule has 1 aliphatic rings. The number of halogens is 1. The van der Waals surface area contributed by atoms with Gasteiger partial charge in [0.05, 0.1) is 15.2 Å². The van der Waals surface area contributed by atoms with E-state index < -0.39 is 31.8 Å². The number of non-ortho nitro benzene ring substituents is 1. The molecule has 0 N–H and O–H groups in total. The van der Waals surface area contributed by atoms with Crippen molar-refractivity contribution < 1.29 is 18.3 Å². The van der Waals surface area contributed by atoms with Gasteiger partial charge in [-0.3, -0.25) is 20.2 Å². The van der Waals surface area contributed by atoms with Crippen molar-refractivity contribution in [1.82, 2.24) is 4.31 Å². The zero-order chi connectivity index (χ0) is 23.0. The molecule has 0 spiro atoms. The largest absolute Gasteiger partial charge is 0.269 e. The fourth-order valence-electron chi connectivity index (χ4n) is 3.61. The Morgan fingerprint density at radius 3 is 2.19 bits per heavy atom. The summed E-state index contributed by atoms with van der Waals surface area (Å²) in [6.07, 6.45) is 0. The first-order valence-electron chi connectivity index (χ1n) is 9.26. The summed E-state index contributed by atoms with van der Waals surface area (Å²) in [5, 5.41) is 22.3. The Morgan fingerprint density at radius 2 is 1.68 bits per heavy atom. The highest BCUT2D eigenvalue weighted by molar-refractivity contribution is 14.1. The Labute approximate surface area is 193 Å². The lowest BCUT2D eigenvalue weighted by Gasteiger charge is -2.22. The Kier molecular flexibility index (Phi) is 6.48. The molecule has 0 amide bonds. The average Bonchev–Trinajstić information content (AvgIpc) is 3.04. The molecule has 1 saturated heterocycles. The van der Waals surface area contributed by atoms with Crippen LogP contribution in [0.2, 0.25) is 0 Å². The van der Waals surface area contributed by atoms with Crippen LogP contribution in [0, 0.1) is 32.6 Å². The Morgan fingerprint density at radius 1 is 1.10 bits per heavy atom. The molecule has 2 aromatic rings. The van der Waals surface area contributed by atoms with Crippen molar-refractivity contribution in [3.8, 4) is 0 Å². The first kappa shape index (κ1) is 23.3. The average molecular weight is 557 g/mol. The van der Waals surface area contributed by atoms with Gasteiger partial charge in [-0.2, -0.15) is 4.31 Å². The van der Waals surface area contributed by atoms with Crippen LogP contribution in [-0.4, -0.2) is 42.2 Å². The highest BCUT2D eigenvalue weighted by atomic mass is 127. The lowest BCUT2D eigenvalue weighted by atomic mass is 9.84. The van der Waals surface area contributed by atoms with Crippen LogP contribution in [0.3, 0.4) is 0 Å². The second-order valence-electron chi connectivity index (χ2n) is 7.73. The van der Waals surface area contributed by atoms with Crippen molar-refractivity contribution >= 4 is 41.9 Å². The number of nitro benzene ring substituents is 1. The highest BCUT2D eigenvalue weighted by Crippen LogP contribution is 2.44. The fourth-order valence-corrected chi connectivity index (χ4v) is 6.32. The number of benzene rings is 2. The Balaban J connectivity index is 2.05. The summed E-state index contributed by atoms with van der Waals surface area (Å²) in [5.41, 5.74) is 1.10. The lowest BCUT2D eigenvalue weighted by Crippen LogP contribution is -2.34. The van der Waals surface area contributed by atoms with Crippen LogP contribution in [0.25, 0.3) is 3.58 Å². The first-order valence-corrected chi connectivity index (χ1v) is 11.8. The van der Waals surface area contributed by atoms with Gasteiger partial charge in [-0.1, -0.05) is 17.7 Å².